The molecule has 1 aliphatic heterocycles. The number of aromatic nitrogens is 3. The van der Waals surface area contributed by atoms with Gasteiger partial charge in [0, 0.05) is 19.7 Å². The van der Waals surface area contributed by atoms with Crippen LogP contribution in [0, 0.1) is 11.8 Å². The molecule has 0 saturated heterocycles. The van der Waals surface area contributed by atoms with Gasteiger partial charge in [-0.3, -0.25) is 4.79 Å². The Morgan fingerprint density at radius 2 is 2.00 bits per heavy atom. The molecular formula is C16H14F6N4O2S. The topological polar surface area (TPSA) is 59.7 Å². The Kier molecular flexibility index (Phi) is 4.64. The molecule has 0 radical (unpaired) electrons. The summed E-state index contributed by atoms with van der Waals surface area (Å²) in [7, 11) is 1.41. The third-order valence-electron chi connectivity index (χ3n) is 4.90. The molecule has 4 rings (SSSR count). The molecule has 1 fully saturated rings. The maximum absolute atomic E-state index is 13.4. The van der Waals surface area contributed by atoms with Crippen LogP contribution in [0.15, 0.2) is 11.6 Å². The molecule has 0 aromatic carbocycles. The molecule has 2 aromatic heterocycles. The number of carbonyl (C=O) groups is 1. The fourth-order valence-electron chi connectivity index (χ4n) is 3.48. The maximum atomic E-state index is 13.4. The van der Waals surface area contributed by atoms with Crippen LogP contribution >= 0.6 is 11.3 Å². The second kappa shape index (κ2) is 6.69. The van der Waals surface area contributed by atoms with Crippen molar-refractivity contribution in [3.63, 3.8) is 0 Å². The highest BCUT2D eigenvalue weighted by Crippen LogP contribution is 2.54. The number of methoxy groups -OCH3 is 1. The molecule has 0 bridgehead atoms. The molecular weight excluding hydrogens is 426 g/mol. The Morgan fingerprint density at radius 1 is 1.28 bits per heavy atom. The average molecular weight is 440 g/mol. The van der Waals surface area contributed by atoms with E-state index in [0.717, 1.165) is 26.8 Å². The first kappa shape index (κ1) is 20.1. The van der Waals surface area contributed by atoms with Crippen LogP contribution in [0.25, 0.3) is 4.96 Å². The Labute approximate surface area is 163 Å². The zero-order valence-corrected chi connectivity index (χ0v) is 15.7. The van der Waals surface area contributed by atoms with E-state index in [9.17, 15) is 31.1 Å². The van der Waals surface area contributed by atoms with Crippen molar-refractivity contribution < 1.29 is 35.9 Å². The van der Waals surface area contributed by atoms with Crippen LogP contribution in [0.3, 0.4) is 0 Å². The number of halogens is 6. The minimum atomic E-state index is -4.76. The molecule has 0 N–H and O–H groups in total. The first-order valence-electron chi connectivity index (χ1n) is 8.48. The number of alkyl halides is 6. The number of amides is 1. The van der Waals surface area contributed by atoms with Gasteiger partial charge >= 0.3 is 12.4 Å². The Bertz CT molecular complexity index is 992. The summed E-state index contributed by atoms with van der Waals surface area (Å²) in [5, 5.41) is 4.46. The maximum Gasteiger partial charge on any atom is 0.435 e. The number of hydrogen-bond acceptors (Lipinski definition) is 5. The molecule has 1 aliphatic carbocycles. The van der Waals surface area contributed by atoms with E-state index in [1.54, 1.807) is 0 Å². The van der Waals surface area contributed by atoms with E-state index in [1.807, 2.05) is 0 Å². The largest absolute Gasteiger partial charge is 0.435 e. The van der Waals surface area contributed by atoms with Gasteiger partial charge in [0.15, 0.2) is 5.69 Å². The fraction of sp³-hybridized carbons (Fsp3) is 0.562. The molecule has 1 amide bonds. The van der Waals surface area contributed by atoms with Gasteiger partial charge in [0.05, 0.1) is 24.8 Å². The first-order chi connectivity index (χ1) is 13.5. The molecule has 1 saturated carbocycles. The zero-order chi connectivity index (χ0) is 21.1. The number of ether oxygens (including phenoxy) is 1. The molecule has 6 nitrogen and oxygen atoms in total. The van der Waals surface area contributed by atoms with E-state index in [0.29, 0.717) is 10.6 Å². The highest BCUT2D eigenvalue weighted by atomic mass is 32.1. The highest BCUT2D eigenvalue weighted by molar-refractivity contribution is 7.16. The lowest BCUT2D eigenvalue weighted by Gasteiger charge is -2.17. The standard InChI is InChI=1S/C16H14F6N4O2S/c1-28-6-11-24-26-10(13(16(20,21)22)23-14(26)29-11)5-25-4-7(2-12(25)27)8-3-9(8)15(17,18)19/h2,8-9H,3-6H2,1H3/t8-,9?/m1/s1. The van der Waals surface area contributed by atoms with Crippen LogP contribution in [0.1, 0.15) is 22.8 Å². The number of fused-ring (bicyclic) bond motifs is 1. The molecule has 2 atom stereocenters. The number of imidazole rings is 1. The molecule has 2 aromatic rings. The fourth-order valence-corrected chi connectivity index (χ4v) is 4.36. The third-order valence-corrected chi connectivity index (χ3v) is 5.78. The van der Waals surface area contributed by atoms with Crippen LogP contribution < -0.4 is 0 Å². The van der Waals surface area contributed by atoms with Crippen molar-refractivity contribution in [1.29, 1.82) is 0 Å². The second-order valence-corrected chi connectivity index (χ2v) is 7.97. The smallest absolute Gasteiger partial charge is 0.377 e. The van der Waals surface area contributed by atoms with E-state index in [4.69, 9.17) is 4.74 Å². The number of hydrogen-bond donors (Lipinski definition) is 0. The van der Waals surface area contributed by atoms with Crippen molar-refractivity contribution in [1.82, 2.24) is 19.5 Å². The van der Waals surface area contributed by atoms with Crippen molar-refractivity contribution in [2.24, 2.45) is 11.8 Å². The summed E-state index contributed by atoms with van der Waals surface area (Å²) < 4.78 is 84.5. The predicted octanol–water partition coefficient (Wildman–Crippen LogP) is 3.42. The van der Waals surface area contributed by atoms with Crippen molar-refractivity contribution in [2.75, 3.05) is 13.7 Å². The minimum Gasteiger partial charge on any atom is -0.377 e. The summed E-state index contributed by atoms with van der Waals surface area (Å²) in [6.07, 6.45) is -8.12. The predicted molar refractivity (Wildman–Crippen MR) is 87.7 cm³/mol. The van der Waals surface area contributed by atoms with Gasteiger partial charge in [-0.05, 0) is 17.9 Å². The molecule has 0 spiro atoms. The van der Waals surface area contributed by atoms with Crippen molar-refractivity contribution >= 4 is 22.2 Å². The second-order valence-electron chi connectivity index (χ2n) is 6.93. The van der Waals surface area contributed by atoms with Gasteiger partial charge in [-0.1, -0.05) is 11.3 Å². The van der Waals surface area contributed by atoms with Crippen molar-refractivity contribution in [2.45, 2.75) is 31.9 Å². The Hall–Kier alpha value is -2.15. The monoisotopic (exact) mass is 440 g/mol. The SMILES string of the molecule is COCc1nn2c(CN3CC([C@H]4CC4C(F)(F)F)=CC3=O)c(C(F)(F)F)nc2s1. The van der Waals surface area contributed by atoms with Crippen LogP contribution in [0.4, 0.5) is 26.3 Å². The number of rotatable bonds is 5. The van der Waals surface area contributed by atoms with E-state index >= 15 is 0 Å². The van der Waals surface area contributed by atoms with Gasteiger partial charge in [-0.2, -0.15) is 31.4 Å². The van der Waals surface area contributed by atoms with E-state index < -0.39 is 42.3 Å². The Balaban J connectivity index is 1.58. The average Bonchev–Trinajstić information content (AvgIpc) is 3.05. The molecule has 2 aliphatic rings. The lowest BCUT2D eigenvalue weighted by molar-refractivity contribution is -0.150. The summed E-state index contributed by atoms with van der Waals surface area (Å²) in [6.45, 7) is -0.520. The summed E-state index contributed by atoms with van der Waals surface area (Å²) in [4.78, 5) is 16.9. The van der Waals surface area contributed by atoms with E-state index in [-0.39, 0.29) is 30.2 Å². The number of nitrogens with zero attached hydrogens (tertiary/aromatic N) is 4. The van der Waals surface area contributed by atoms with Crippen LogP contribution in [-0.4, -0.2) is 45.2 Å². The van der Waals surface area contributed by atoms with E-state index in [2.05, 4.69) is 10.1 Å². The lowest BCUT2D eigenvalue weighted by Crippen LogP contribution is -2.28. The quantitative estimate of drug-likeness (QED) is 0.669. The van der Waals surface area contributed by atoms with Gasteiger partial charge < -0.3 is 9.64 Å². The molecule has 13 heteroatoms. The summed E-state index contributed by atoms with van der Waals surface area (Å²) >= 11 is 0.924. The molecule has 3 heterocycles. The van der Waals surface area contributed by atoms with Gasteiger partial charge in [0.2, 0.25) is 10.9 Å². The van der Waals surface area contributed by atoms with Crippen molar-refractivity contribution in [3.05, 3.63) is 28.0 Å². The van der Waals surface area contributed by atoms with Crippen molar-refractivity contribution in [3.8, 4) is 0 Å². The molecule has 29 heavy (non-hydrogen) atoms. The zero-order valence-electron chi connectivity index (χ0n) is 14.8. The van der Waals surface area contributed by atoms with Gasteiger partial charge in [0.1, 0.15) is 5.01 Å². The van der Waals surface area contributed by atoms with Gasteiger partial charge in [-0.15, -0.1) is 0 Å². The molecule has 1 unspecified atom stereocenters. The number of carbonyl (C=O) groups excluding carboxylic acids is 1. The lowest BCUT2D eigenvalue weighted by atomic mass is 10.1. The van der Waals surface area contributed by atoms with Gasteiger partial charge in [-0.25, -0.2) is 9.50 Å². The van der Waals surface area contributed by atoms with Crippen LogP contribution in [0.5, 0.6) is 0 Å². The van der Waals surface area contributed by atoms with Gasteiger partial charge in [0.25, 0.3) is 0 Å². The Morgan fingerprint density at radius 3 is 2.59 bits per heavy atom. The summed E-state index contributed by atoms with van der Waals surface area (Å²) in [6, 6.07) is 0. The third kappa shape index (κ3) is 3.72. The normalized spacial score (nSPS) is 22.7. The molecule has 158 valence electrons. The first-order valence-corrected chi connectivity index (χ1v) is 9.30. The van der Waals surface area contributed by atoms with E-state index in [1.165, 1.54) is 7.11 Å². The summed E-state index contributed by atoms with van der Waals surface area (Å²) in [5.74, 6) is -2.91. The minimum absolute atomic E-state index is 0.00136. The highest BCUT2D eigenvalue weighted by Gasteiger charge is 2.57. The van der Waals surface area contributed by atoms with Crippen LogP contribution in [-0.2, 0) is 28.9 Å². The summed E-state index contributed by atoms with van der Waals surface area (Å²) in [5.41, 5.74) is -1.21. The van der Waals surface area contributed by atoms with Crippen LogP contribution in [0.2, 0.25) is 0 Å².